The fraction of sp³-hybridized carbons (Fsp3) is 0.571. The first kappa shape index (κ1) is 8.18. The molecule has 0 bridgehead atoms. The van der Waals surface area contributed by atoms with Crippen molar-refractivity contribution in [3.8, 4) is 0 Å². The maximum Gasteiger partial charge on any atom is 0.242 e. The Kier molecular flexibility index (Phi) is 2.22. The molecular formula is C7H10N4O2. The molecular weight excluding hydrogens is 172 g/mol. The third kappa shape index (κ3) is 2.03. The quantitative estimate of drug-likeness (QED) is 0.637. The van der Waals surface area contributed by atoms with Crippen LogP contribution in [0.3, 0.4) is 0 Å². The number of rotatable bonds is 3. The third-order valence-corrected chi connectivity index (χ3v) is 1.78. The van der Waals surface area contributed by atoms with Gasteiger partial charge < -0.3 is 10.1 Å². The van der Waals surface area contributed by atoms with Crippen molar-refractivity contribution >= 4 is 5.91 Å². The number of carbonyl (C=O) groups excluding carboxylic acids is 1. The first-order valence-electron chi connectivity index (χ1n) is 4.06. The Morgan fingerprint density at radius 1 is 1.69 bits per heavy atom. The Hall–Kier alpha value is -1.43. The van der Waals surface area contributed by atoms with Crippen molar-refractivity contribution in [3.05, 3.63) is 12.4 Å². The van der Waals surface area contributed by atoms with Crippen molar-refractivity contribution < 1.29 is 9.53 Å². The zero-order valence-corrected chi connectivity index (χ0v) is 7.01. The van der Waals surface area contributed by atoms with Gasteiger partial charge in [-0.3, -0.25) is 4.79 Å². The van der Waals surface area contributed by atoms with Crippen LogP contribution in [-0.4, -0.2) is 40.2 Å². The van der Waals surface area contributed by atoms with Crippen molar-refractivity contribution in [1.29, 1.82) is 0 Å². The number of carbonyl (C=O) groups is 1. The number of amides is 1. The second-order valence-electron chi connectivity index (χ2n) is 2.90. The average Bonchev–Trinajstić information content (AvgIpc) is 2.49. The van der Waals surface area contributed by atoms with E-state index < -0.39 is 0 Å². The number of aromatic nitrogens is 3. The van der Waals surface area contributed by atoms with E-state index in [1.54, 1.807) is 12.4 Å². The number of nitrogens with one attached hydrogen (secondary N) is 1. The summed E-state index contributed by atoms with van der Waals surface area (Å²) < 4.78 is 6.40. The van der Waals surface area contributed by atoms with Gasteiger partial charge in [0.05, 0.1) is 25.5 Å². The van der Waals surface area contributed by atoms with Crippen LogP contribution in [0, 0.1) is 0 Å². The van der Waals surface area contributed by atoms with Crippen LogP contribution < -0.4 is 5.32 Å². The lowest BCUT2D eigenvalue weighted by Gasteiger charge is -2.26. The van der Waals surface area contributed by atoms with Crippen LogP contribution in [0.15, 0.2) is 12.4 Å². The van der Waals surface area contributed by atoms with Crippen LogP contribution in [0.2, 0.25) is 0 Å². The Balaban J connectivity index is 1.78. The minimum Gasteiger partial charge on any atom is -0.377 e. The molecule has 1 saturated heterocycles. The lowest BCUT2D eigenvalue weighted by molar-refractivity contribution is -0.126. The summed E-state index contributed by atoms with van der Waals surface area (Å²) in [6.07, 6.45) is 3.19. The number of hydrogen-bond donors (Lipinski definition) is 1. The lowest BCUT2D eigenvalue weighted by atomic mass is 10.2. The fourth-order valence-corrected chi connectivity index (χ4v) is 1.06. The minimum atomic E-state index is -0.0567. The molecule has 0 saturated carbocycles. The highest BCUT2D eigenvalue weighted by molar-refractivity contribution is 5.76. The van der Waals surface area contributed by atoms with E-state index in [4.69, 9.17) is 4.74 Å². The fourth-order valence-electron chi connectivity index (χ4n) is 1.06. The molecule has 13 heavy (non-hydrogen) atoms. The molecule has 2 heterocycles. The van der Waals surface area contributed by atoms with Crippen molar-refractivity contribution in [2.45, 2.75) is 12.6 Å². The molecule has 1 aliphatic heterocycles. The van der Waals surface area contributed by atoms with Gasteiger partial charge >= 0.3 is 0 Å². The third-order valence-electron chi connectivity index (χ3n) is 1.78. The van der Waals surface area contributed by atoms with Crippen LogP contribution in [0.1, 0.15) is 0 Å². The molecule has 0 unspecified atom stereocenters. The number of nitrogens with zero attached hydrogens (tertiary/aromatic N) is 3. The van der Waals surface area contributed by atoms with E-state index in [1.807, 2.05) is 0 Å². The second kappa shape index (κ2) is 3.53. The van der Waals surface area contributed by atoms with E-state index in [9.17, 15) is 4.79 Å². The summed E-state index contributed by atoms with van der Waals surface area (Å²) in [7, 11) is 0. The Labute approximate surface area is 74.9 Å². The maximum atomic E-state index is 11.3. The van der Waals surface area contributed by atoms with E-state index >= 15 is 0 Å². The van der Waals surface area contributed by atoms with Crippen LogP contribution in [-0.2, 0) is 16.1 Å². The minimum absolute atomic E-state index is 0.0567. The summed E-state index contributed by atoms with van der Waals surface area (Å²) in [6.45, 7) is 1.45. The normalized spacial score (nSPS) is 16.6. The van der Waals surface area contributed by atoms with Crippen LogP contribution in [0.5, 0.6) is 0 Å². The van der Waals surface area contributed by atoms with Gasteiger partial charge in [0.25, 0.3) is 0 Å². The summed E-state index contributed by atoms with van der Waals surface area (Å²) in [5.41, 5.74) is 0. The maximum absolute atomic E-state index is 11.3. The molecule has 0 atom stereocenters. The van der Waals surface area contributed by atoms with Crippen LogP contribution in [0.25, 0.3) is 0 Å². The van der Waals surface area contributed by atoms with Gasteiger partial charge in [0.2, 0.25) is 5.91 Å². The van der Waals surface area contributed by atoms with Crippen molar-refractivity contribution in [1.82, 2.24) is 20.3 Å². The van der Waals surface area contributed by atoms with Crippen molar-refractivity contribution in [3.63, 3.8) is 0 Å². The van der Waals surface area contributed by atoms with Crippen LogP contribution >= 0.6 is 0 Å². The van der Waals surface area contributed by atoms with E-state index in [-0.39, 0.29) is 18.5 Å². The molecule has 1 aromatic heterocycles. The molecule has 1 aliphatic rings. The van der Waals surface area contributed by atoms with Crippen molar-refractivity contribution in [2.75, 3.05) is 13.2 Å². The summed E-state index contributed by atoms with van der Waals surface area (Å²) in [4.78, 5) is 11.3. The first-order chi connectivity index (χ1) is 6.34. The highest BCUT2D eigenvalue weighted by Crippen LogP contribution is 1.98. The summed E-state index contributed by atoms with van der Waals surface area (Å²) >= 11 is 0. The second-order valence-corrected chi connectivity index (χ2v) is 2.90. The summed E-state index contributed by atoms with van der Waals surface area (Å²) in [5.74, 6) is -0.0567. The lowest BCUT2D eigenvalue weighted by Crippen LogP contribution is -2.49. The van der Waals surface area contributed by atoms with Gasteiger partial charge in [0.15, 0.2) is 0 Å². The standard InChI is InChI=1S/C7H10N4O2/c12-7(9-6-4-13-5-6)3-11-2-1-8-10-11/h1-2,6H,3-5H2,(H,9,12). The highest BCUT2D eigenvalue weighted by atomic mass is 16.5. The smallest absolute Gasteiger partial charge is 0.242 e. The molecule has 70 valence electrons. The Morgan fingerprint density at radius 2 is 2.54 bits per heavy atom. The largest absolute Gasteiger partial charge is 0.377 e. The summed E-state index contributed by atoms with van der Waals surface area (Å²) in [5, 5.41) is 10.1. The van der Waals surface area contributed by atoms with Crippen LogP contribution in [0.4, 0.5) is 0 Å². The van der Waals surface area contributed by atoms with Crippen molar-refractivity contribution in [2.24, 2.45) is 0 Å². The molecule has 1 amide bonds. The first-order valence-corrected chi connectivity index (χ1v) is 4.06. The van der Waals surface area contributed by atoms with E-state index in [0.29, 0.717) is 13.2 Å². The molecule has 6 nitrogen and oxygen atoms in total. The van der Waals surface area contributed by atoms with Gasteiger partial charge in [-0.05, 0) is 0 Å². The molecule has 6 heteroatoms. The Morgan fingerprint density at radius 3 is 3.08 bits per heavy atom. The predicted octanol–water partition coefficient (Wildman–Crippen LogP) is -1.21. The van der Waals surface area contributed by atoms with Gasteiger partial charge in [-0.15, -0.1) is 5.10 Å². The zero-order chi connectivity index (χ0) is 9.10. The number of hydrogen-bond acceptors (Lipinski definition) is 4. The van der Waals surface area contributed by atoms with E-state index in [2.05, 4.69) is 15.6 Å². The topological polar surface area (TPSA) is 69.0 Å². The monoisotopic (exact) mass is 182 g/mol. The SMILES string of the molecule is O=C(Cn1ccnn1)NC1COC1. The molecule has 0 aliphatic carbocycles. The zero-order valence-electron chi connectivity index (χ0n) is 7.01. The Bertz CT molecular complexity index is 281. The average molecular weight is 182 g/mol. The van der Waals surface area contributed by atoms with Gasteiger partial charge in [-0.25, -0.2) is 4.68 Å². The van der Waals surface area contributed by atoms with Gasteiger partial charge in [0, 0.05) is 6.20 Å². The molecule has 0 radical (unpaired) electrons. The van der Waals surface area contributed by atoms with E-state index in [0.717, 1.165) is 0 Å². The molecule has 0 spiro atoms. The molecule has 2 rings (SSSR count). The van der Waals surface area contributed by atoms with Gasteiger partial charge in [-0.1, -0.05) is 5.21 Å². The summed E-state index contributed by atoms with van der Waals surface area (Å²) in [6, 6.07) is 0.177. The number of ether oxygens (including phenoxy) is 1. The van der Waals surface area contributed by atoms with E-state index in [1.165, 1.54) is 4.68 Å². The van der Waals surface area contributed by atoms with Gasteiger partial charge in [0.1, 0.15) is 6.54 Å². The van der Waals surface area contributed by atoms with Gasteiger partial charge in [-0.2, -0.15) is 0 Å². The molecule has 1 aromatic rings. The predicted molar refractivity (Wildman–Crippen MR) is 42.8 cm³/mol. The molecule has 1 fully saturated rings. The molecule has 0 aromatic carbocycles. The highest BCUT2D eigenvalue weighted by Gasteiger charge is 2.20. The molecule has 1 N–H and O–H groups in total.